The fraction of sp³-hybridized carbons (Fsp3) is 0.0182. The first-order valence-corrected chi connectivity index (χ1v) is 19.0. The van der Waals surface area contributed by atoms with Gasteiger partial charge in [0.15, 0.2) is 0 Å². The van der Waals surface area contributed by atoms with Gasteiger partial charge in [0, 0.05) is 5.92 Å². The summed E-state index contributed by atoms with van der Waals surface area (Å²) < 4.78 is 0. The van der Waals surface area contributed by atoms with E-state index in [2.05, 4.69) is 237 Å². The second-order valence-electron chi connectivity index (χ2n) is 14.0. The van der Waals surface area contributed by atoms with Gasteiger partial charge in [-0.2, -0.15) is 0 Å². The fourth-order valence-electron chi connectivity index (χ4n) is 7.98. The van der Waals surface area contributed by atoms with Crippen molar-refractivity contribution >= 4 is 0 Å². The monoisotopic (exact) mass is 700 g/mol. The zero-order valence-corrected chi connectivity index (χ0v) is 30.6. The maximum atomic E-state index is 2.43. The van der Waals surface area contributed by atoms with E-state index < -0.39 is 0 Å². The molecule has 0 heteroatoms. The van der Waals surface area contributed by atoms with Crippen LogP contribution >= 0.6 is 0 Å². The Hall–Kier alpha value is -7.02. The zero-order valence-electron chi connectivity index (χ0n) is 30.6. The average molecular weight is 701 g/mol. The highest BCUT2D eigenvalue weighted by Gasteiger charge is 2.23. The molecule has 9 rings (SSSR count). The van der Waals surface area contributed by atoms with Crippen molar-refractivity contribution in [3.05, 3.63) is 253 Å². The highest BCUT2D eigenvalue weighted by atomic mass is 14.3. The van der Waals surface area contributed by atoms with Gasteiger partial charge in [0.2, 0.25) is 0 Å². The van der Waals surface area contributed by atoms with E-state index in [0.717, 1.165) is 0 Å². The summed E-state index contributed by atoms with van der Waals surface area (Å²) in [6.45, 7) is 0. The van der Waals surface area contributed by atoms with Crippen molar-refractivity contribution in [1.82, 2.24) is 0 Å². The van der Waals surface area contributed by atoms with Crippen LogP contribution in [0.15, 0.2) is 237 Å². The zero-order chi connectivity index (χ0) is 36.8. The molecule has 0 aromatic heterocycles. The van der Waals surface area contributed by atoms with Crippen LogP contribution in [-0.2, 0) is 0 Å². The quantitative estimate of drug-likeness (QED) is 0.132. The molecule has 0 aliphatic rings. The standard InChI is InChI=1S/C55H40/c1-7-19-40(20-8-1)49-34-31-46(37-52(49)43-25-13-4-14-26-43)55(47-32-35-50(41-21-9-2-10-22-41)53(38-47)44-27-15-5-16-28-44)48-33-36-51(42-23-11-3-12-24-42)54(39-48)45-29-17-6-18-30-45/h1-39,55H. The van der Waals surface area contributed by atoms with Crippen molar-refractivity contribution in [1.29, 1.82) is 0 Å². The minimum Gasteiger partial charge on any atom is -0.0622 e. The molecule has 0 aliphatic carbocycles. The van der Waals surface area contributed by atoms with Crippen LogP contribution in [0.5, 0.6) is 0 Å². The Bertz CT molecular complexity index is 2350. The minimum absolute atomic E-state index is 0.0492. The van der Waals surface area contributed by atoms with Crippen molar-refractivity contribution in [3.8, 4) is 66.8 Å². The lowest BCUT2D eigenvalue weighted by molar-refractivity contribution is 0.979. The van der Waals surface area contributed by atoms with Gasteiger partial charge < -0.3 is 0 Å². The average Bonchev–Trinajstić information content (AvgIpc) is 3.28. The molecule has 9 aromatic carbocycles. The van der Waals surface area contributed by atoms with E-state index in [0.29, 0.717) is 0 Å². The summed E-state index contributed by atoms with van der Waals surface area (Å²) >= 11 is 0. The van der Waals surface area contributed by atoms with Gasteiger partial charge in [-0.25, -0.2) is 0 Å². The first-order chi connectivity index (χ1) is 27.3. The van der Waals surface area contributed by atoms with Crippen LogP contribution < -0.4 is 0 Å². The molecule has 0 nitrogen and oxygen atoms in total. The molecule has 0 atom stereocenters. The van der Waals surface area contributed by atoms with E-state index >= 15 is 0 Å². The summed E-state index contributed by atoms with van der Waals surface area (Å²) in [5.41, 5.74) is 18.3. The smallest absolute Gasteiger partial charge is 0.0340 e. The summed E-state index contributed by atoms with van der Waals surface area (Å²) in [5, 5.41) is 0. The number of hydrogen-bond donors (Lipinski definition) is 0. The summed E-state index contributed by atoms with van der Waals surface area (Å²) in [6.07, 6.45) is 0. The molecule has 0 amide bonds. The minimum atomic E-state index is -0.0492. The Morgan fingerprint density at radius 3 is 0.600 bits per heavy atom. The SMILES string of the molecule is c1ccc(-c2ccc(C(c3ccc(-c4ccccc4)c(-c4ccccc4)c3)c3ccc(-c4ccccc4)c(-c4ccccc4)c3)cc2-c2ccccc2)cc1. The van der Waals surface area contributed by atoms with E-state index in [9.17, 15) is 0 Å². The molecule has 0 aliphatic heterocycles. The molecule has 55 heavy (non-hydrogen) atoms. The van der Waals surface area contributed by atoms with Crippen LogP contribution in [0.3, 0.4) is 0 Å². The first-order valence-electron chi connectivity index (χ1n) is 19.0. The van der Waals surface area contributed by atoms with E-state index in [1.165, 1.54) is 83.5 Å². The predicted octanol–water partition coefficient (Wildman–Crippen LogP) is 14.9. The Morgan fingerprint density at radius 1 is 0.182 bits per heavy atom. The highest BCUT2D eigenvalue weighted by Crippen LogP contribution is 2.44. The largest absolute Gasteiger partial charge is 0.0622 e. The van der Waals surface area contributed by atoms with Crippen molar-refractivity contribution in [2.75, 3.05) is 0 Å². The lowest BCUT2D eigenvalue weighted by Gasteiger charge is -2.24. The number of hydrogen-bond acceptors (Lipinski definition) is 0. The van der Waals surface area contributed by atoms with Crippen LogP contribution in [0, 0.1) is 0 Å². The molecular weight excluding hydrogens is 661 g/mol. The Morgan fingerprint density at radius 2 is 0.382 bits per heavy atom. The van der Waals surface area contributed by atoms with Crippen molar-refractivity contribution in [2.45, 2.75) is 5.92 Å². The van der Waals surface area contributed by atoms with Gasteiger partial charge in [0.05, 0.1) is 0 Å². The maximum absolute atomic E-state index is 2.43. The topological polar surface area (TPSA) is 0 Å². The van der Waals surface area contributed by atoms with E-state index in [4.69, 9.17) is 0 Å². The molecule has 9 aromatic rings. The molecule has 0 bridgehead atoms. The van der Waals surface area contributed by atoms with Gasteiger partial charge >= 0.3 is 0 Å². The third-order valence-electron chi connectivity index (χ3n) is 10.6. The maximum Gasteiger partial charge on any atom is 0.0340 e. The molecule has 260 valence electrons. The molecule has 0 radical (unpaired) electrons. The molecule has 0 saturated carbocycles. The predicted molar refractivity (Wildman–Crippen MR) is 233 cm³/mol. The third kappa shape index (κ3) is 7.07. The van der Waals surface area contributed by atoms with Crippen LogP contribution in [0.4, 0.5) is 0 Å². The van der Waals surface area contributed by atoms with Crippen molar-refractivity contribution in [2.24, 2.45) is 0 Å². The summed E-state index contributed by atoms with van der Waals surface area (Å²) in [5.74, 6) is -0.0492. The number of benzene rings is 9. The van der Waals surface area contributed by atoms with E-state index in [1.807, 2.05) is 0 Å². The fourth-order valence-corrected chi connectivity index (χ4v) is 7.98. The Kier molecular flexibility index (Phi) is 9.54. The van der Waals surface area contributed by atoms with Crippen LogP contribution in [-0.4, -0.2) is 0 Å². The third-order valence-corrected chi connectivity index (χ3v) is 10.6. The molecule has 0 saturated heterocycles. The molecule has 0 fully saturated rings. The molecular formula is C55H40. The Labute approximate surface area is 324 Å². The molecule has 0 heterocycles. The number of rotatable bonds is 9. The van der Waals surface area contributed by atoms with E-state index in [1.54, 1.807) is 0 Å². The second-order valence-corrected chi connectivity index (χ2v) is 14.0. The van der Waals surface area contributed by atoms with Crippen LogP contribution in [0.25, 0.3) is 66.8 Å². The lowest BCUT2D eigenvalue weighted by atomic mass is 9.79. The van der Waals surface area contributed by atoms with Gasteiger partial charge in [0.25, 0.3) is 0 Å². The van der Waals surface area contributed by atoms with Crippen LogP contribution in [0.2, 0.25) is 0 Å². The highest BCUT2D eigenvalue weighted by molar-refractivity contribution is 5.87. The van der Waals surface area contributed by atoms with Crippen LogP contribution in [0.1, 0.15) is 22.6 Å². The summed E-state index contributed by atoms with van der Waals surface area (Å²) in [7, 11) is 0. The Balaban J connectivity index is 1.31. The van der Waals surface area contributed by atoms with Gasteiger partial charge in [-0.05, 0) is 102 Å². The normalized spacial score (nSPS) is 11.1. The van der Waals surface area contributed by atoms with Crippen molar-refractivity contribution < 1.29 is 0 Å². The summed E-state index contributed by atoms with van der Waals surface area (Å²) in [4.78, 5) is 0. The second kappa shape index (κ2) is 15.5. The summed E-state index contributed by atoms with van der Waals surface area (Å²) in [6, 6.07) is 86.1. The van der Waals surface area contributed by atoms with Gasteiger partial charge in [-0.1, -0.05) is 218 Å². The molecule has 0 spiro atoms. The van der Waals surface area contributed by atoms with E-state index in [-0.39, 0.29) is 5.92 Å². The first kappa shape index (κ1) is 33.8. The molecule has 0 unspecified atom stereocenters. The lowest BCUT2D eigenvalue weighted by Crippen LogP contribution is -2.06. The van der Waals surface area contributed by atoms with Gasteiger partial charge in [0.1, 0.15) is 0 Å². The molecule has 0 N–H and O–H groups in total. The van der Waals surface area contributed by atoms with Gasteiger partial charge in [-0.15, -0.1) is 0 Å². The van der Waals surface area contributed by atoms with Gasteiger partial charge in [-0.3, -0.25) is 0 Å². The van der Waals surface area contributed by atoms with Crippen molar-refractivity contribution in [3.63, 3.8) is 0 Å².